The maximum Gasteiger partial charge on any atom is 0.416 e. The number of alkyl halides is 3. The zero-order valence-electron chi connectivity index (χ0n) is 12.6. The Labute approximate surface area is 136 Å². The molecule has 1 heterocycles. The van der Waals surface area contributed by atoms with Crippen LogP contribution in [0.2, 0.25) is 0 Å². The number of amides is 1. The van der Waals surface area contributed by atoms with Crippen molar-refractivity contribution in [2.45, 2.75) is 19.1 Å². The molecule has 24 heavy (non-hydrogen) atoms. The summed E-state index contributed by atoms with van der Waals surface area (Å²) in [6, 6.07) is 6.64. The molecule has 0 saturated carbocycles. The van der Waals surface area contributed by atoms with E-state index >= 15 is 0 Å². The number of rotatable bonds is 3. The summed E-state index contributed by atoms with van der Waals surface area (Å²) in [7, 11) is 0. The van der Waals surface area contributed by atoms with Crippen LogP contribution in [0.5, 0.6) is 0 Å². The molecule has 1 atom stereocenters. The van der Waals surface area contributed by atoms with Crippen LogP contribution in [0.4, 0.5) is 18.0 Å². The molecule has 7 heteroatoms. The fraction of sp³-hybridized carbons (Fsp3) is 0.176. The van der Waals surface area contributed by atoms with Crippen LogP contribution in [0.15, 0.2) is 42.6 Å². The second-order valence-corrected chi connectivity index (χ2v) is 4.81. The molecule has 4 nitrogen and oxygen atoms in total. The van der Waals surface area contributed by atoms with Crippen molar-refractivity contribution in [2.24, 2.45) is 0 Å². The molecule has 0 spiro atoms. The van der Waals surface area contributed by atoms with E-state index < -0.39 is 23.9 Å². The van der Waals surface area contributed by atoms with Gasteiger partial charge in [-0.25, -0.2) is 4.79 Å². The Morgan fingerprint density at radius 1 is 1.25 bits per heavy atom. The quantitative estimate of drug-likeness (QED) is 0.839. The molecule has 1 amide bonds. The van der Waals surface area contributed by atoms with Crippen molar-refractivity contribution in [3.05, 3.63) is 65.0 Å². The fourth-order valence-electron chi connectivity index (χ4n) is 2.19. The number of aromatic nitrogens is 1. The predicted molar refractivity (Wildman–Crippen MR) is 81.2 cm³/mol. The summed E-state index contributed by atoms with van der Waals surface area (Å²) in [5.74, 6) is 5.51. The van der Waals surface area contributed by atoms with E-state index in [1.807, 2.05) is 0 Å². The minimum atomic E-state index is -4.46. The van der Waals surface area contributed by atoms with E-state index in [1.54, 1.807) is 19.1 Å². The van der Waals surface area contributed by atoms with Crippen molar-refractivity contribution in [3.63, 3.8) is 0 Å². The van der Waals surface area contributed by atoms with E-state index in [9.17, 15) is 18.0 Å². The SMILES string of the molecule is CC#Cc1cccnc1[C@@H](NC(=O)O)c1ccc(C(F)(F)F)cc1. The van der Waals surface area contributed by atoms with Gasteiger partial charge in [-0.15, -0.1) is 5.92 Å². The Kier molecular flexibility index (Phi) is 5.09. The van der Waals surface area contributed by atoms with Gasteiger partial charge in [0.25, 0.3) is 0 Å². The number of benzene rings is 1. The van der Waals surface area contributed by atoms with E-state index in [0.29, 0.717) is 16.8 Å². The highest BCUT2D eigenvalue weighted by atomic mass is 19.4. The summed E-state index contributed by atoms with van der Waals surface area (Å²) in [4.78, 5) is 15.2. The molecule has 0 bridgehead atoms. The summed E-state index contributed by atoms with van der Waals surface area (Å²) in [6.07, 6.45) is -4.31. The molecule has 2 aromatic rings. The van der Waals surface area contributed by atoms with E-state index in [4.69, 9.17) is 5.11 Å². The van der Waals surface area contributed by atoms with Gasteiger partial charge in [-0.1, -0.05) is 18.1 Å². The smallest absolute Gasteiger partial charge is 0.416 e. The van der Waals surface area contributed by atoms with Crippen LogP contribution >= 0.6 is 0 Å². The van der Waals surface area contributed by atoms with Crippen LogP contribution in [0, 0.1) is 11.8 Å². The Bertz CT molecular complexity index is 790. The van der Waals surface area contributed by atoms with Crippen LogP contribution in [-0.4, -0.2) is 16.2 Å². The van der Waals surface area contributed by atoms with Gasteiger partial charge in [0.1, 0.15) is 6.04 Å². The summed E-state index contributed by atoms with van der Waals surface area (Å²) in [6.45, 7) is 1.62. The first kappa shape index (κ1) is 17.3. The lowest BCUT2D eigenvalue weighted by atomic mass is 9.98. The minimum Gasteiger partial charge on any atom is -0.465 e. The number of nitrogens with one attached hydrogen (secondary N) is 1. The number of nitrogens with zero attached hydrogens (tertiary/aromatic N) is 1. The summed E-state index contributed by atoms with van der Waals surface area (Å²) in [5, 5.41) is 11.3. The van der Waals surface area contributed by atoms with Crippen LogP contribution < -0.4 is 5.32 Å². The Morgan fingerprint density at radius 3 is 2.46 bits per heavy atom. The number of pyridine rings is 1. The van der Waals surface area contributed by atoms with Gasteiger partial charge in [0.05, 0.1) is 11.3 Å². The highest BCUT2D eigenvalue weighted by molar-refractivity contribution is 5.66. The van der Waals surface area contributed by atoms with E-state index in [0.717, 1.165) is 12.1 Å². The Morgan fingerprint density at radius 2 is 1.92 bits per heavy atom. The summed E-state index contributed by atoms with van der Waals surface area (Å²) >= 11 is 0. The average molecular weight is 334 g/mol. The molecule has 0 saturated heterocycles. The number of carbonyl (C=O) groups is 1. The third-order valence-corrected chi connectivity index (χ3v) is 3.21. The van der Waals surface area contributed by atoms with Gasteiger partial charge in [0.2, 0.25) is 0 Å². The molecular weight excluding hydrogens is 321 g/mol. The Balaban J connectivity index is 2.50. The second kappa shape index (κ2) is 7.04. The third kappa shape index (κ3) is 4.04. The Hall–Kier alpha value is -3.01. The standard InChI is InChI=1S/C17H13F3N2O2/c1-2-4-11-5-3-10-21-14(11)15(22-16(23)24)12-6-8-13(9-7-12)17(18,19)20/h3,5-10,15,22H,1H3,(H,23,24)/t15-/m0/s1. The van der Waals surface area contributed by atoms with Crippen molar-refractivity contribution in [2.75, 3.05) is 0 Å². The van der Waals surface area contributed by atoms with Crippen molar-refractivity contribution >= 4 is 6.09 Å². The normalized spacial score (nSPS) is 12.0. The molecule has 2 rings (SSSR count). The first-order chi connectivity index (χ1) is 11.3. The molecule has 124 valence electrons. The molecule has 0 unspecified atom stereocenters. The predicted octanol–water partition coefficient (Wildman–Crippen LogP) is 3.83. The van der Waals surface area contributed by atoms with Crippen LogP contribution in [0.3, 0.4) is 0 Å². The van der Waals surface area contributed by atoms with Gasteiger partial charge < -0.3 is 10.4 Å². The van der Waals surface area contributed by atoms with Crippen molar-refractivity contribution in [3.8, 4) is 11.8 Å². The molecule has 1 aromatic carbocycles. The fourth-order valence-corrected chi connectivity index (χ4v) is 2.19. The van der Waals surface area contributed by atoms with Gasteiger partial charge >= 0.3 is 12.3 Å². The first-order valence-corrected chi connectivity index (χ1v) is 6.87. The van der Waals surface area contributed by atoms with Crippen LogP contribution in [0.1, 0.15) is 35.3 Å². The summed E-state index contributed by atoms with van der Waals surface area (Å²) in [5.41, 5.74) is 0.353. The van der Waals surface area contributed by atoms with Gasteiger partial charge in [0, 0.05) is 11.8 Å². The largest absolute Gasteiger partial charge is 0.465 e. The number of halogens is 3. The number of hydrogen-bond acceptors (Lipinski definition) is 2. The lowest BCUT2D eigenvalue weighted by Crippen LogP contribution is -2.29. The third-order valence-electron chi connectivity index (χ3n) is 3.21. The van der Waals surface area contributed by atoms with Crippen molar-refractivity contribution in [1.82, 2.24) is 10.3 Å². The molecule has 1 aromatic heterocycles. The maximum atomic E-state index is 12.7. The zero-order valence-corrected chi connectivity index (χ0v) is 12.6. The number of carboxylic acid groups (broad SMARTS) is 1. The van der Waals surface area contributed by atoms with E-state index in [1.165, 1.54) is 18.3 Å². The van der Waals surface area contributed by atoms with E-state index in [-0.39, 0.29) is 0 Å². The highest BCUT2D eigenvalue weighted by Crippen LogP contribution is 2.31. The molecule has 0 fully saturated rings. The maximum absolute atomic E-state index is 12.7. The molecule has 0 aliphatic heterocycles. The van der Waals surface area contributed by atoms with Gasteiger partial charge in [-0.3, -0.25) is 4.98 Å². The molecule has 2 N–H and O–H groups in total. The average Bonchev–Trinajstić information content (AvgIpc) is 2.53. The van der Waals surface area contributed by atoms with Gasteiger partial charge in [0.15, 0.2) is 0 Å². The van der Waals surface area contributed by atoms with Crippen molar-refractivity contribution < 1.29 is 23.1 Å². The second-order valence-electron chi connectivity index (χ2n) is 4.81. The first-order valence-electron chi connectivity index (χ1n) is 6.87. The van der Waals surface area contributed by atoms with Gasteiger partial charge in [-0.2, -0.15) is 13.2 Å². The molecule has 0 aliphatic carbocycles. The number of hydrogen-bond donors (Lipinski definition) is 2. The summed E-state index contributed by atoms with van der Waals surface area (Å²) < 4.78 is 38.0. The molecular formula is C17H13F3N2O2. The van der Waals surface area contributed by atoms with Crippen molar-refractivity contribution in [1.29, 1.82) is 0 Å². The molecule has 0 radical (unpaired) electrons. The monoisotopic (exact) mass is 334 g/mol. The highest BCUT2D eigenvalue weighted by Gasteiger charge is 2.30. The topological polar surface area (TPSA) is 62.2 Å². The van der Waals surface area contributed by atoms with Crippen LogP contribution in [0.25, 0.3) is 0 Å². The van der Waals surface area contributed by atoms with E-state index in [2.05, 4.69) is 22.1 Å². The van der Waals surface area contributed by atoms with Gasteiger partial charge in [-0.05, 0) is 36.8 Å². The van der Waals surface area contributed by atoms with Crippen LogP contribution in [-0.2, 0) is 6.18 Å². The lowest BCUT2D eigenvalue weighted by molar-refractivity contribution is -0.137. The molecule has 0 aliphatic rings. The minimum absolute atomic E-state index is 0.328. The lowest BCUT2D eigenvalue weighted by Gasteiger charge is -2.19. The zero-order chi connectivity index (χ0) is 17.7.